The van der Waals surface area contributed by atoms with E-state index in [1.54, 1.807) is 23.2 Å². The molecule has 0 unspecified atom stereocenters. The van der Waals surface area contributed by atoms with E-state index in [0.29, 0.717) is 42.2 Å². The van der Waals surface area contributed by atoms with Gasteiger partial charge < -0.3 is 44.8 Å². The molecular formula is C47H52N8O9S. The Kier molecular flexibility index (Phi) is 10.0. The maximum atomic E-state index is 15.9. The number of aromatic amines is 1. The Morgan fingerprint density at radius 2 is 1.89 bits per heavy atom. The van der Waals surface area contributed by atoms with Crippen LogP contribution in [-0.4, -0.2) is 111 Å². The molecule has 2 aromatic heterocycles. The molecular weight excluding hydrogens is 853 g/mol. The van der Waals surface area contributed by atoms with E-state index in [0.717, 1.165) is 43.7 Å². The standard InChI is InChI=1S/C47H52N8O9S/c1-26(2)62-20-29-21-63-39-17-31(16-36(55(57)58)41(39)50-29)65(59,60)43-35(52-24-47(25-52)18-30(19-47)53-14-6-9-34(53)32-8-5-4-7-27(32)3)11-10-33(44(48)56)42(43)54-37-15-28-12-13-49-45(28)51-46(37)64-40-23-61-22-38(40)54/h4-5,7-8,10-13,15-17,26,29-30,34,38,40,50H,6,9,14,18-25H2,1-3H3,(H2,48,56)(H,49,51)/t29-,34+,38+,40+/m1/s1. The molecule has 0 radical (unpaired) electrons. The summed E-state index contributed by atoms with van der Waals surface area (Å²) in [5.41, 5.74) is 9.79. The van der Waals surface area contributed by atoms with E-state index in [9.17, 15) is 14.9 Å². The number of carbonyl (C=O) groups is 1. The number of anilines is 4. The molecule has 17 nitrogen and oxygen atoms in total. The predicted octanol–water partition coefficient (Wildman–Crippen LogP) is 6.41. The number of pyridine rings is 1. The van der Waals surface area contributed by atoms with E-state index in [-0.39, 0.29) is 76.3 Å². The Bertz CT molecular complexity index is 2860. The number of primary amides is 1. The van der Waals surface area contributed by atoms with Crippen molar-refractivity contribution < 1.29 is 37.1 Å². The number of hydrogen-bond acceptors (Lipinski definition) is 14. The van der Waals surface area contributed by atoms with Gasteiger partial charge in [-0.2, -0.15) is 4.98 Å². The molecule has 4 atom stereocenters. The molecule has 3 saturated heterocycles. The Labute approximate surface area is 376 Å². The summed E-state index contributed by atoms with van der Waals surface area (Å²) in [7, 11) is -4.75. The number of hydrogen-bond donors (Lipinski definition) is 3. The third-order valence-corrected chi connectivity index (χ3v) is 16.0. The summed E-state index contributed by atoms with van der Waals surface area (Å²) in [6.07, 6.45) is 5.30. The first kappa shape index (κ1) is 41.7. The lowest BCUT2D eigenvalue weighted by atomic mass is 9.60. The molecule has 3 aromatic carbocycles. The van der Waals surface area contributed by atoms with Crippen molar-refractivity contribution in [3.63, 3.8) is 0 Å². The highest BCUT2D eigenvalue weighted by atomic mass is 32.2. The molecule has 65 heavy (non-hydrogen) atoms. The zero-order chi connectivity index (χ0) is 44.9. The monoisotopic (exact) mass is 904 g/mol. The average Bonchev–Trinajstić information content (AvgIpc) is 4.04. The van der Waals surface area contributed by atoms with E-state index >= 15 is 8.42 Å². The highest BCUT2D eigenvalue weighted by Crippen LogP contribution is 2.57. The molecule has 1 saturated carbocycles. The fourth-order valence-electron chi connectivity index (χ4n) is 11.2. The summed E-state index contributed by atoms with van der Waals surface area (Å²) in [4.78, 5) is 39.7. The van der Waals surface area contributed by atoms with Crippen molar-refractivity contribution in [1.29, 1.82) is 0 Å². The summed E-state index contributed by atoms with van der Waals surface area (Å²) in [6, 6.07) is 17.7. The zero-order valence-electron chi connectivity index (χ0n) is 36.5. The number of carbonyl (C=O) groups excluding carboxylic acids is 1. The molecule has 5 aliphatic heterocycles. The molecule has 4 N–H and O–H groups in total. The van der Waals surface area contributed by atoms with Gasteiger partial charge in [0.2, 0.25) is 15.7 Å². The van der Waals surface area contributed by atoms with Crippen LogP contribution in [0.5, 0.6) is 11.6 Å². The molecule has 1 spiro atoms. The molecule has 1 amide bonds. The number of benzene rings is 3. The van der Waals surface area contributed by atoms with Gasteiger partial charge in [-0.25, -0.2) is 8.42 Å². The molecule has 6 aliphatic rings. The van der Waals surface area contributed by atoms with Crippen LogP contribution in [0, 0.1) is 22.5 Å². The number of sulfone groups is 1. The van der Waals surface area contributed by atoms with Gasteiger partial charge in [-0.15, -0.1) is 0 Å². The normalized spacial score (nSPS) is 23.6. The number of fused-ring (bicyclic) bond motifs is 4. The first-order valence-electron chi connectivity index (χ1n) is 22.4. The number of nitro groups is 1. The van der Waals surface area contributed by atoms with Crippen LogP contribution < -0.4 is 30.3 Å². The minimum atomic E-state index is -4.75. The number of nitro benzene ring substituents is 1. The van der Waals surface area contributed by atoms with Crippen LogP contribution in [0.1, 0.15) is 67.1 Å². The minimum absolute atomic E-state index is 0.0158. The van der Waals surface area contributed by atoms with Gasteiger partial charge in [0.25, 0.3) is 11.6 Å². The number of H-pyrrole nitrogens is 1. The van der Waals surface area contributed by atoms with Gasteiger partial charge in [0.15, 0.2) is 11.4 Å². The van der Waals surface area contributed by atoms with E-state index in [2.05, 4.69) is 51.3 Å². The van der Waals surface area contributed by atoms with Crippen LogP contribution in [0.15, 0.2) is 76.7 Å². The van der Waals surface area contributed by atoms with E-state index in [1.807, 2.05) is 26.0 Å². The maximum absolute atomic E-state index is 15.9. The average molecular weight is 905 g/mol. The van der Waals surface area contributed by atoms with Crippen molar-refractivity contribution in [2.75, 3.05) is 61.2 Å². The molecule has 11 rings (SSSR count). The first-order chi connectivity index (χ1) is 31.3. The lowest BCUT2D eigenvalue weighted by Crippen LogP contribution is -2.66. The number of nitrogens with zero attached hydrogens (tertiary/aromatic N) is 5. The lowest BCUT2D eigenvalue weighted by molar-refractivity contribution is -0.384. The predicted molar refractivity (Wildman–Crippen MR) is 242 cm³/mol. The van der Waals surface area contributed by atoms with E-state index in [1.165, 1.54) is 17.2 Å². The maximum Gasteiger partial charge on any atom is 0.297 e. The fourth-order valence-corrected chi connectivity index (χ4v) is 12.9. The highest BCUT2D eigenvalue weighted by Gasteiger charge is 2.56. The number of rotatable bonds is 11. The molecule has 1 aliphatic carbocycles. The molecule has 4 fully saturated rings. The van der Waals surface area contributed by atoms with Crippen LogP contribution in [0.2, 0.25) is 0 Å². The molecule has 18 heteroatoms. The van der Waals surface area contributed by atoms with Crippen molar-refractivity contribution in [2.24, 2.45) is 11.1 Å². The van der Waals surface area contributed by atoms with Gasteiger partial charge in [0, 0.05) is 54.3 Å². The van der Waals surface area contributed by atoms with Gasteiger partial charge in [-0.3, -0.25) is 19.8 Å². The molecule has 0 bridgehead atoms. The largest absolute Gasteiger partial charge is 0.489 e. The molecule has 340 valence electrons. The second kappa shape index (κ2) is 15.6. The van der Waals surface area contributed by atoms with Gasteiger partial charge >= 0.3 is 0 Å². The van der Waals surface area contributed by atoms with Gasteiger partial charge in [0.05, 0.1) is 64.8 Å². The zero-order valence-corrected chi connectivity index (χ0v) is 37.3. The van der Waals surface area contributed by atoms with Crippen molar-refractivity contribution in [3.8, 4) is 11.6 Å². The van der Waals surface area contributed by atoms with Gasteiger partial charge in [-0.05, 0) is 88.4 Å². The Morgan fingerprint density at radius 1 is 1.08 bits per heavy atom. The number of amides is 1. The second-order valence-electron chi connectivity index (χ2n) is 18.8. The summed E-state index contributed by atoms with van der Waals surface area (Å²) >= 11 is 0. The third kappa shape index (κ3) is 6.94. The van der Waals surface area contributed by atoms with Crippen LogP contribution in [0.4, 0.5) is 28.4 Å². The number of nitrogens with two attached hydrogens (primary N) is 1. The summed E-state index contributed by atoms with van der Waals surface area (Å²) in [5, 5.41) is 16.7. The lowest BCUT2D eigenvalue weighted by Gasteiger charge is -2.62. The number of ether oxygens (including phenoxy) is 4. The summed E-state index contributed by atoms with van der Waals surface area (Å²) < 4.78 is 56.0. The SMILES string of the molecule is Cc1ccccc1[C@@H]1CCCN1C1CC2(C1)CN(c1ccc(C(N)=O)c(N3c4cc5cc[nH]c5nc4O[C@H]4COC[C@@H]43)c1S(=O)(=O)c1cc3c(c([N+](=O)[O-])c1)N[C@H](COC(C)C)CO3)C2. The van der Waals surface area contributed by atoms with E-state index < -0.39 is 44.5 Å². The van der Waals surface area contributed by atoms with Crippen LogP contribution in [0.25, 0.3) is 11.0 Å². The van der Waals surface area contributed by atoms with Crippen LogP contribution in [0.3, 0.4) is 0 Å². The topological polar surface area (TPSA) is 208 Å². The van der Waals surface area contributed by atoms with Crippen molar-refractivity contribution in [3.05, 3.63) is 93.7 Å². The molecule has 7 heterocycles. The van der Waals surface area contributed by atoms with Crippen LogP contribution in [-0.2, 0) is 19.3 Å². The number of likely N-dealkylation sites (tertiary alicyclic amines) is 1. The second-order valence-corrected chi connectivity index (χ2v) is 20.7. The van der Waals surface area contributed by atoms with Crippen molar-refractivity contribution in [2.45, 2.75) is 92.6 Å². The van der Waals surface area contributed by atoms with Gasteiger partial charge in [0.1, 0.15) is 28.9 Å². The summed E-state index contributed by atoms with van der Waals surface area (Å²) in [5.74, 6) is -0.608. The van der Waals surface area contributed by atoms with Crippen LogP contribution >= 0.6 is 0 Å². The number of nitrogens with one attached hydrogen (secondary N) is 2. The fraction of sp³-hybridized carbons (Fsp3) is 0.447. The Balaban J connectivity index is 1.02. The Morgan fingerprint density at radius 3 is 2.66 bits per heavy atom. The quantitative estimate of drug-likeness (QED) is 0.0967. The summed E-state index contributed by atoms with van der Waals surface area (Å²) in [6.45, 7) is 8.82. The number of aromatic nitrogens is 2. The first-order valence-corrected chi connectivity index (χ1v) is 23.9. The van der Waals surface area contributed by atoms with Gasteiger partial charge in [-0.1, -0.05) is 24.3 Å². The van der Waals surface area contributed by atoms with Crippen molar-refractivity contribution in [1.82, 2.24) is 14.9 Å². The number of aryl methyl sites for hydroxylation is 1. The third-order valence-electron chi connectivity index (χ3n) is 14.2. The Hall–Kier alpha value is -5.95. The van der Waals surface area contributed by atoms with E-state index in [4.69, 9.17) is 29.7 Å². The molecule has 5 aromatic rings. The minimum Gasteiger partial charge on any atom is -0.489 e. The van der Waals surface area contributed by atoms with Crippen molar-refractivity contribution >= 4 is 55.2 Å². The highest BCUT2D eigenvalue weighted by molar-refractivity contribution is 7.91. The smallest absolute Gasteiger partial charge is 0.297 e.